The maximum absolute atomic E-state index is 11.2. The van der Waals surface area contributed by atoms with Crippen LogP contribution in [0.4, 0.5) is 0 Å². The molecule has 0 radical (unpaired) electrons. The van der Waals surface area contributed by atoms with Crippen LogP contribution in [0.15, 0.2) is 18.2 Å². The standard InChI is InChI=1S/C9H10ClNO2/c1-11-9(13)7-2-6(5-12)3-8(10)4-7/h2-4,12H,5H2,1H3,(H,11,13). The number of nitrogens with one attached hydrogen (secondary N) is 1. The summed E-state index contributed by atoms with van der Waals surface area (Å²) < 4.78 is 0. The van der Waals surface area contributed by atoms with E-state index in [0.29, 0.717) is 16.1 Å². The lowest BCUT2D eigenvalue weighted by Gasteiger charge is -2.03. The Morgan fingerprint density at radius 3 is 2.77 bits per heavy atom. The highest BCUT2D eigenvalue weighted by atomic mass is 35.5. The number of hydrogen-bond acceptors (Lipinski definition) is 2. The average molecular weight is 200 g/mol. The third-order valence-corrected chi connectivity index (χ3v) is 1.85. The zero-order chi connectivity index (χ0) is 9.84. The van der Waals surface area contributed by atoms with E-state index in [2.05, 4.69) is 5.32 Å². The number of rotatable bonds is 2. The summed E-state index contributed by atoms with van der Waals surface area (Å²) in [5.74, 6) is -0.211. The Morgan fingerprint density at radius 1 is 1.54 bits per heavy atom. The molecule has 0 spiro atoms. The number of benzene rings is 1. The summed E-state index contributed by atoms with van der Waals surface area (Å²) in [5.41, 5.74) is 1.09. The fourth-order valence-electron chi connectivity index (χ4n) is 1.02. The van der Waals surface area contributed by atoms with Gasteiger partial charge in [-0.1, -0.05) is 11.6 Å². The molecule has 0 aliphatic rings. The average Bonchev–Trinajstić information content (AvgIpc) is 2.15. The summed E-state index contributed by atoms with van der Waals surface area (Å²) >= 11 is 5.74. The first-order valence-corrected chi connectivity index (χ1v) is 4.17. The van der Waals surface area contributed by atoms with E-state index >= 15 is 0 Å². The minimum absolute atomic E-state index is 0.120. The van der Waals surface area contributed by atoms with E-state index in [0.717, 1.165) is 0 Å². The maximum atomic E-state index is 11.2. The first kappa shape index (κ1) is 10.0. The van der Waals surface area contributed by atoms with Crippen LogP contribution in [0.25, 0.3) is 0 Å². The maximum Gasteiger partial charge on any atom is 0.251 e. The highest BCUT2D eigenvalue weighted by Gasteiger charge is 2.05. The third kappa shape index (κ3) is 2.44. The fraction of sp³-hybridized carbons (Fsp3) is 0.222. The molecule has 13 heavy (non-hydrogen) atoms. The van der Waals surface area contributed by atoms with E-state index in [1.54, 1.807) is 25.2 Å². The van der Waals surface area contributed by atoms with Crippen LogP contribution in [-0.2, 0) is 6.61 Å². The number of amides is 1. The molecule has 0 aliphatic heterocycles. The van der Waals surface area contributed by atoms with Crippen molar-refractivity contribution in [3.05, 3.63) is 34.3 Å². The summed E-state index contributed by atoms with van der Waals surface area (Å²) in [4.78, 5) is 11.2. The molecule has 0 atom stereocenters. The summed E-state index contributed by atoms with van der Waals surface area (Å²) in [6, 6.07) is 4.78. The number of hydrogen-bond donors (Lipinski definition) is 2. The van der Waals surface area contributed by atoms with Gasteiger partial charge in [0.25, 0.3) is 5.91 Å². The molecular formula is C9H10ClNO2. The summed E-state index contributed by atoms with van der Waals surface area (Å²) in [6.45, 7) is -0.120. The van der Waals surface area contributed by atoms with E-state index < -0.39 is 0 Å². The lowest BCUT2D eigenvalue weighted by atomic mass is 10.1. The molecule has 0 unspecified atom stereocenters. The van der Waals surface area contributed by atoms with Crippen LogP contribution in [0.2, 0.25) is 5.02 Å². The number of aliphatic hydroxyl groups excluding tert-OH is 1. The molecule has 1 aromatic carbocycles. The predicted molar refractivity (Wildman–Crippen MR) is 50.8 cm³/mol. The van der Waals surface area contributed by atoms with Gasteiger partial charge in [0.1, 0.15) is 0 Å². The van der Waals surface area contributed by atoms with E-state index in [-0.39, 0.29) is 12.5 Å². The van der Waals surface area contributed by atoms with Gasteiger partial charge in [0.2, 0.25) is 0 Å². The Kier molecular flexibility index (Phi) is 3.28. The van der Waals surface area contributed by atoms with Crippen LogP contribution >= 0.6 is 11.6 Å². The Morgan fingerprint density at radius 2 is 2.23 bits per heavy atom. The van der Waals surface area contributed by atoms with Crippen molar-refractivity contribution in [2.45, 2.75) is 6.61 Å². The monoisotopic (exact) mass is 199 g/mol. The van der Waals surface area contributed by atoms with Crippen LogP contribution in [0.1, 0.15) is 15.9 Å². The molecule has 2 N–H and O–H groups in total. The zero-order valence-corrected chi connectivity index (χ0v) is 7.93. The van der Waals surface area contributed by atoms with Crippen molar-refractivity contribution < 1.29 is 9.90 Å². The van der Waals surface area contributed by atoms with Gasteiger partial charge in [-0.05, 0) is 23.8 Å². The number of aliphatic hydroxyl groups is 1. The van der Waals surface area contributed by atoms with Gasteiger partial charge >= 0.3 is 0 Å². The van der Waals surface area contributed by atoms with E-state index in [1.165, 1.54) is 0 Å². The van der Waals surface area contributed by atoms with Crippen molar-refractivity contribution in [1.82, 2.24) is 5.32 Å². The largest absolute Gasteiger partial charge is 0.392 e. The van der Waals surface area contributed by atoms with Gasteiger partial charge in [-0.2, -0.15) is 0 Å². The molecular weight excluding hydrogens is 190 g/mol. The molecule has 3 nitrogen and oxygen atoms in total. The van der Waals surface area contributed by atoms with Gasteiger partial charge < -0.3 is 10.4 Å². The molecule has 0 aliphatic carbocycles. The van der Waals surface area contributed by atoms with Crippen LogP contribution in [-0.4, -0.2) is 18.1 Å². The van der Waals surface area contributed by atoms with Gasteiger partial charge in [-0.15, -0.1) is 0 Å². The van der Waals surface area contributed by atoms with Crippen LogP contribution in [0.5, 0.6) is 0 Å². The molecule has 0 aromatic heterocycles. The second-order valence-electron chi connectivity index (χ2n) is 2.59. The predicted octanol–water partition coefficient (Wildman–Crippen LogP) is 1.19. The van der Waals surface area contributed by atoms with Gasteiger partial charge in [0.05, 0.1) is 6.61 Å². The van der Waals surface area contributed by atoms with Gasteiger partial charge in [-0.25, -0.2) is 0 Å². The summed E-state index contributed by atoms with van der Waals surface area (Å²) in [5, 5.41) is 11.8. The van der Waals surface area contributed by atoms with Crippen molar-refractivity contribution in [3.8, 4) is 0 Å². The van der Waals surface area contributed by atoms with Crippen molar-refractivity contribution in [2.75, 3.05) is 7.05 Å². The van der Waals surface area contributed by atoms with Crippen LogP contribution in [0.3, 0.4) is 0 Å². The lowest BCUT2D eigenvalue weighted by molar-refractivity contribution is 0.0963. The van der Waals surface area contributed by atoms with Gasteiger partial charge in [0.15, 0.2) is 0 Å². The second kappa shape index (κ2) is 4.25. The minimum atomic E-state index is -0.211. The van der Waals surface area contributed by atoms with Crippen molar-refractivity contribution in [1.29, 1.82) is 0 Å². The minimum Gasteiger partial charge on any atom is -0.392 e. The molecule has 0 fully saturated rings. The van der Waals surface area contributed by atoms with E-state index in [4.69, 9.17) is 16.7 Å². The van der Waals surface area contributed by atoms with Crippen molar-refractivity contribution in [3.63, 3.8) is 0 Å². The highest BCUT2D eigenvalue weighted by Crippen LogP contribution is 2.15. The first-order chi connectivity index (χ1) is 6.17. The number of carbonyl (C=O) groups excluding carboxylic acids is 1. The van der Waals surface area contributed by atoms with Crippen molar-refractivity contribution in [2.24, 2.45) is 0 Å². The van der Waals surface area contributed by atoms with Gasteiger partial charge in [0, 0.05) is 17.6 Å². The molecule has 0 heterocycles. The molecule has 1 aromatic rings. The Labute approximate surface area is 81.3 Å². The normalized spacial score (nSPS) is 9.77. The van der Waals surface area contributed by atoms with Crippen molar-refractivity contribution >= 4 is 17.5 Å². The molecule has 4 heteroatoms. The van der Waals surface area contributed by atoms with E-state index in [9.17, 15) is 4.79 Å². The number of halogens is 1. The molecule has 0 bridgehead atoms. The second-order valence-corrected chi connectivity index (χ2v) is 3.02. The lowest BCUT2D eigenvalue weighted by Crippen LogP contribution is -2.17. The molecule has 1 amide bonds. The highest BCUT2D eigenvalue weighted by molar-refractivity contribution is 6.31. The Balaban J connectivity index is 3.08. The smallest absolute Gasteiger partial charge is 0.251 e. The molecule has 1 rings (SSSR count). The third-order valence-electron chi connectivity index (χ3n) is 1.63. The Hall–Kier alpha value is -1.06. The quantitative estimate of drug-likeness (QED) is 0.752. The first-order valence-electron chi connectivity index (χ1n) is 3.79. The van der Waals surface area contributed by atoms with E-state index in [1.807, 2.05) is 0 Å². The topological polar surface area (TPSA) is 49.3 Å². The van der Waals surface area contributed by atoms with Crippen LogP contribution in [0, 0.1) is 0 Å². The van der Waals surface area contributed by atoms with Crippen LogP contribution < -0.4 is 5.32 Å². The zero-order valence-electron chi connectivity index (χ0n) is 7.17. The molecule has 0 saturated heterocycles. The Bertz CT molecular complexity index is 325. The summed E-state index contributed by atoms with van der Waals surface area (Å²) in [6.07, 6.45) is 0. The fourth-order valence-corrected chi connectivity index (χ4v) is 1.27. The summed E-state index contributed by atoms with van der Waals surface area (Å²) in [7, 11) is 1.54. The van der Waals surface area contributed by atoms with Gasteiger partial charge in [-0.3, -0.25) is 4.79 Å². The number of carbonyl (C=O) groups is 1. The molecule has 70 valence electrons. The molecule has 0 saturated carbocycles. The SMILES string of the molecule is CNC(=O)c1cc(Cl)cc(CO)c1.